The summed E-state index contributed by atoms with van der Waals surface area (Å²) in [5.74, 6) is 0. The molecule has 0 saturated heterocycles. The van der Waals surface area contributed by atoms with Crippen LogP contribution in [0.25, 0.3) is 0 Å². The van der Waals surface area contributed by atoms with Gasteiger partial charge in [0.05, 0.1) is 23.0 Å². The average Bonchev–Trinajstić information content (AvgIpc) is 2.07. The molecule has 0 atom stereocenters. The zero-order valence-electron chi connectivity index (χ0n) is 6.77. The van der Waals surface area contributed by atoms with E-state index in [0.717, 1.165) is 6.07 Å². The first-order valence-electron chi connectivity index (χ1n) is 3.49. The minimum Gasteiger partial charge on any atom is -0.396 e. The lowest BCUT2D eigenvalue weighted by molar-refractivity contribution is -0.140. The van der Waals surface area contributed by atoms with E-state index in [0.29, 0.717) is 0 Å². The molecule has 0 aliphatic heterocycles. The Morgan fingerprint density at radius 1 is 1.50 bits per heavy atom. The number of rotatable bonds is 1. The molecule has 1 heterocycles. The molecule has 14 heavy (non-hydrogen) atoms. The third-order valence-corrected chi connectivity index (χ3v) is 1.80. The molecule has 3 N–H and O–H groups in total. The van der Waals surface area contributed by atoms with Gasteiger partial charge in [-0.15, -0.1) is 0 Å². The van der Waals surface area contributed by atoms with Crippen molar-refractivity contribution in [3.8, 4) is 0 Å². The molecule has 7 heteroatoms. The fraction of sp³-hybridized carbons (Fsp3) is 0.286. The smallest absolute Gasteiger partial charge is 0.396 e. The van der Waals surface area contributed by atoms with Gasteiger partial charge in [-0.2, -0.15) is 13.2 Å². The van der Waals surface area contributed by atoms with Crippen LogP contribution in [0.1, 0.15) is 11.4 Å². The van der Waals surface area contributed by atoms with Crippen LogP contribution in [0.15, 0.2) is 6.07 Å². The second-order valence-corrected chi connectivity index (χ2v) is 2.92. The van der Waals surface area contributed by atoms with Gasteiger partial charge in [-0.3, -0.25) is 0 Å². The number of nitrogens with two attached hydrogens (primary N) is 1. The van der Waals surface area contributed by atoms with Gasteiger partial charge in [0.1, 0.15) is 0 Å². The van der Waals surface area contributed by atoms with Crippen molar-refractivity contribution in [2.45, 2.75) is 12.8 Å². The Labute approximate surface area is 82.3 Å². The van der Waals surface area contributed by atoms with E-state index < -0.39 is 24.2 Å². The Morgan fingerprint density at radius 3 is 2.50 bits per heavy atom. The molecule has 1 aromatic heterocycles. The molecular weight excluding hydrogens is 221 g/mol. The summed E-state index contributed by atoms with van der Waals surface area (Å²) in [5, 5.41) is 8.35. The number of nitrogen functional groups attached to an aromatic ring is 1. The molecule has 0 saturated carbocycles. The molecule has 0 unspecified atom stereocenters. The summed E-state index contributed by atoms with van der Waals surface area (Å²) < 4.78 is 36.8. The zero-order valence-corrected chi connectivity index (χ0v) is 7.52. The number of pyridine rings is 1. The maximum Gasteiger partial charge on any atom is 0.435 e. The number of halogens is 4. The lowest BCUT2D eigenvalue weighted by Crippen LogP contribution is -2.13. The molecule has 0 aromatic carbocycles. The number of hydrogen-bond donors (Lipinski definition) is 2. The minimum absolute atomic E-state index is 0.170. The molecule has 0 amide bonds. The van der Waals surface area contributed by atoms with Crippen LogP contribution in [0.2, 0.25) is 5.02 Å². The van der Waals surface area contributed by atoms with Crippen molar-refractivity contribution in [1.29, 1.82) is 0 Å². The molecule has 0 fully saturated rings. The topological polar surface area (TPSA) is 59.1 Å². The summed E-state index contributed by atoms with van der Waals surface area (Å²) in [4.78, 5) is 3.14. The highest BCUT2D eigenvalue weighted by molar-refractivity contribution is 6.33. The number of alkyl halides is 3. The third kappa shape index (κ3) is 2.08. The largest absolute Gasteiger partial charge is 0.435 e. The second kappa shape index (κ2) is 3.62. The van der Waals surface area contributed by atoms with E-state index in [1.807, 2.05) is 0 Å². The van der Waals surface area contributed by atoms with E-state index in [4.69, 9.17) is 22.4 Å². The highest BCUT2D eigenvalue weighted by atomic mass is 35.5. The number of aromatic nitrogens is 1. The van der Waals surface area contributed by atoms with E-state index in [1.165, 1.54) is 0 Å². The zero-order chi connectivity index (χ0) is 10.9. The Balaban J connectivity index is 3.35. The van der Waals surface area contributed by atoms with Crippen molar-refractivity contribution in [1.82, 2.24) is 4.98 Å². The maximum atomic E-state index is 12.3. The number of hydrogen-bond acceptors (Lipinski definition) is 3. The van der Waals surface area contributed by atoms with Gasteiger partial charge in [-0.05, 0) is 6.07 Å². The lowest BCUT2D eigenvalue weighted by Gasteiger charge is -2.11. The van der Waals surface area contributed by atoms with Crippen molar-refractivity contribution in [3.05, 3.63) is 22.5 Å². The number of anilines is 1. The first kappa shape index (κ1) is 11.1. The van der Waals surface area contributed by atoms with Crippen molar-refractivity contribution in [2.24, 2.45) is 0 Å². The van der Waals surface area contributed by atoms with Crippen LogP contribution in [0.4, 0.5) is 18.9 Å². The molecular formula is C7H6ClF3N2O. The van der Waals surface area contributed by atoms with Crippen molar-refractivity contribution < 1.29 is 18.3 Å². The predicted octanol–water partition coefficient (Wildman–Crippen LogP) is 1.83. The van der Waals surface area contributed by atoms with Gasteiger partial charge < -0.3 is 10.8 Å². The molecule has 0 bridgehead atoms. The first-order valence-corrected chi connectivity index (χ1v) is 3.87. The quantitative estimate of drug-likeness (QED) is 0.768. The van der Waals surface area contributed by atoms with Crippen molar-refractivity contribution in [2.75, 3.05) is 5.73 Å². The Morgan fingerprint density at radius 2 is 2.07 bits per heavy atom. The molecule has 0 radical (unpaired) electrons. The normalized spacial score (nSPS) is 11.8. The van der Waals surface area contributed by atoms with Crippen LogP contribution in [0.5, 0.6) is 0 Å². The highest BCUT2D eigenvalue weighted by Crippen LogP contribution is 2.35. The number of aliphatic hydroxyl groups is 1. The highest BCUT2D eigenvalue weighted by Gasteiger charge is 2.36. The van der Waals surface area contributed by atoms with Crippen molar-refractivity contribution in [3.63, 3.8) is 0 Å². The van der Waals surface area contributed by atoms with E-state index in [9.17, 15) is 13.2 Å². The Hall–Kier alpha value is -1.01. The first-order chi connectivity index (χ1) is 6.36. The average molecular weight is 227 g/mol. The fourth-order valence-corrected chi connectivity index (χ4v) is 1.09. The van der Waals surface area contributed by atoms with Gasteiger partial charge in [0.25, 0.3) is 0 Å². The van der Waals surface area contributed by atoms with E-state index in [1.54, 1.807) is 0 Å². The fourth-order valence-electron chi connectivity index (χ4n) is 0.870. The number of aliphatic hydroxyl groups excluding tert-OH is 1. The second-order valence-electron chi connectivity index (χ2n) is 2.51. The molecule has 3 nitrogen and oxygen atoms in total. The molecule has 0 aliphatic carbocycles. The standard InChI is InChI=1S/C7H6ClF3N2O/c8-4-1-3(2-14)13-6(5(4)12)7(9,10)11/h1,14H,2,12H2. The maximum absolute atomic E-state index is 12.3. The molecule has 1 aromatic rings. The van der Waals surface area contributed by atoms with E-state index in [2.05, 4.69) is 4.98 Å². The SMILES string of the molecule is Nc1c(Cl)cc(CO)nc1C(F)(F)F. The van der Waals surface area contributed by atoms with Gasteiger partial charge in [0, 0.05) is 0 Å². The summed E-state index contributed by atoms with van der Waals surface area (Å²) in [5.41, 5.74) is 3.03. The predicted molar refractivity (Wildman–Crippen MR) is 44.6 cm³/mol. The van der Waals surface area contributed by atoms with E-state index >= 15 is 0 Å². The lowest BCUT2D eigenvalue weighted by atomic mass is 10.2. The van der Waals surface area contributed by atoms with Gasteiger partial charge in [0.2, 0.25) is 0 Å². The van der Waals surface area contributed by atoms with Crippen LogP contribution >= 0.6 is 11.6 Å². The van der Waals surface area contributed by atoms with Crippen LogP contribution in [-0.4, -0.2) is 10.1 Å². The van der Waals surface area contributed by atoms with Crippen LogP contribution in [0.3, 0.4) is 0 Å². The van der Waals surface area contributed by atoms with Gasteiger partial charge in [-0.1, -0.05) is 11.6 Å². The van der Waals surface area contributed by atoms with Crippen molar-refractivity contribution >= 4 is 17.3 Å². The Kier molecular flexibility index (Phi) is 2.86. The third-order valence-electron chi connectivity index (χ3n) is 1.49. The summed E-state index contributed by atoms with van der Waals surface area (Å²) in [6.07, 6.45) is -4.67. The summed E-state index contributed by atoms with van der Waals surface area (Å²) >= 11 is 5.43. The van der Waals surface area contributed by atoms with Gasteiger partial charge in [-0.25, -0.2) is 4.98 Å². The van der Waals surface area contributed by atoms with Crippen LogP contribution in [-0.2, 0) is 12.8 Å². The van der Waals surface area contributed by atoms with Crippen LogP contribution in [0, 0.1) is 0 Å². The summed E-state index contributed by atoms with van der Waals surface area (Å²) in [6, 6.07) is 1.09. The number of nitrogens with zero attached hydrogens (tertiary/aromatic N) is 1. The van der Waals surface area contributed by atoms with Crippen LogP contribution < -0.4 is 5.73 Å². The molecule has 1 rings (SSSR count). The van der Waals surface area contributed by atoms with E-state index in [-0.39, 0.29) is 10.7 Å². The Bertz CT molecular complexity index is 354. The molecule has 0 spiro atoms. The summed E-state index contributed by atoms with van der Waals surface area (Å²) in [7, 11) is 0. The minimum atomic E-state index is -4.67. The summed E-state index contributed by atoms with van der Waals surface area (Å²) in [6.45, 7) is -0.622. The monoisotopic (exact) mass is 226 g/mol. The van der Waals surface area contributed by atoms with Gasteiger partial charge >= 0.3 is 6.18 Å². The molecule has 0 aliphatic rings. The molecule has 78 valence electrons. The van der Waals surface area contributed by atoms with Gasteiger partial charge in [0.15, 0.2) is 5.69 Å².